The molecule has 152 valence electrons. The van der Waals surface area contributed by atoms with E-state index in [0.717, 1.165) is 5.56 Å². The average Bonchev–Trinajstić information content (AvgIpc) is 2.52. The lowest BCUT2D eigenvalue weighted by atomic mass is 10.2. The Morgan fingerprint density at radius 1 is 1.19 bits per heavy atom. The molecule has 0 unspecified atom stereocenters. The van der Waals surface area contributed by atoms with Gasteiger partial charge in [0.05, 0.1) is 13.0 Å². The molecule has 0 saturated heterocycles. The van der Waals surface area contributed by atoms with Gasteiger partial charge in [0, 0.05) is 11.7 Å². The van der Waals surface area contributed by atoms with Crippen molar-refractivity contribution in [3.05, 3.63) is 29.8 Å². The zero-order chi connectivity index (χ0) is 20.8. The van der Waals surface area contributed by atoms with Crippen molar-refractivity contribution in [1.29, 1.82) is 0 Å². The van der Waals surface area contributed by atoms with Crippen molar-refractivity contribution in [2.45, 2.75) is 57.9 Å². The summed E-state index contributed by atoms with van der Waals surface area (Å²) in [6, 6.07) is 5.90. The van der Waals surface area contributed by atoms with Crippen LogP contribution >= 0.6 is 0 Å². The van der Waals surface area contributed by atoms with Crippen molar-refractivity contribution in [2.24, 2.45) is 0 Å². The average molecular weight is 400 g/mol. The van der Waals surface area contributed by atoms with Gasteiger partial charge in [-0.05, 0) is 46.8 Å². The number of aryl methyl sites for hydroxylation is 1. The van der Waals surface area contributed by atoms with Gasteiger partial charge >= 0.3 is 5.97 Å². The first-order chi connectivity index (χ1) is 12.3. The first kappa shape index (κ1) is 22.9. The minimum Gasteiger partial charge on any atom is -0.460 e. The molecule has 0 bridgehead atoms. The lowest BCUT2D eigenvalue weighted by molar-refractivity contribution is -0.155. The van der Waals surface area contributed by atoms with Crippen LogP contribution in [0.25, 0.3) is 0 Å². The van der Waals surface area contributed by atoms with E-state index >= 15 is 0 Å². The van der Waals surface area contributed by atoms with Gasteiger partial charge in [-0.3, -0.25) is 14.3 Å². The van der Waals surface area contributed by atoms with Gasteiger partial charge in [-0.1, -0.05) is 17.7 Å². The van der Waals surface area contributed by atoms with E-state index in [2.05, 4.69) is 10.0 Å². The van der Waals surface area contributed by atoms with Crippen LogP contribution in [-0.2, 0) is 24.3 Å². The summed E-state index contributed by atoms with van der Waals surface area (Å²) in [5.41, 5.74) is 0.403. The molecule has 0 saturated carbocycles. The molecule has 2 atom stereocenters. The molecule has 1 aromatic rings. The van der Waals surface area contributed by atoms with Gasteiger partial charge in [-0.2, -0.15) is 0 Å². The summed E-state index contributed by atoms with van der Waals surface area (Å²) < 4.78 is 33.0. The summed E-state index contributed by atoms with van der Waals surface area (Å²) in [6.45, 7) is 7.94. The summed E-state index contributed by atoms with van der Waals surface area (Å²) in [7, 11) is -4.24. The number of aliphatic hydroxyl groups excluding tert-OH is 1. The van der Waals surface area contributed by atoms with E-state index in [4.69, 9.17) is 9.84 Å². The van der Waals surface area contributed by atoms with Crippen molar-refractivity contribution < 1.29 is 27.9 Å². The van der Waals surface area contributed by atoms with E-state index in [1.165, 1.54) is 6.92 Å². The summed E-state index contributed by atoms with van der Waals surface area (Å²) in [6.07, 6.45) is -0.650. The monoisotopic (exact) mass is 400 g/mol. The molecule has 0 aliphatic carbocycles. The second-order valence-electron chi connectivity index (χ2n) is 7.38. The number of amides is 1. The molecule has 1 aromatic carbocycles. The van der Waals surface area contributed by atoms with Crippen molar-refractivity contribution in [3.8, 4) is 0 Å². The van der Waals surface area contributed by atoms with Crippen LogP contribution in [0.2, 0.25) is 0 Å². The summed E-state index contributed by atoms with van der Waals surface area (Å²) in [5, 5.41) is 9.77. The SMILES string of the molecule is Cc1ccc(NS(=O)(=O)[C@H](CC(=O)OC(C)(C)C)C(=O)N[C@H](C)CO)cc1. The molecule has 9 heteroatoms. The normalized spacial score (nSPS) is 14.1. The molecule has 0 radical (unpaired) electrons. The molecular weight excluding hydrogens is 372 g/mol. The smallest absolute Gasteiger partial charge is 0.308 e. The second kappa shape index (κ2) is 9.18. The molecule has 0 aliphatic rings. The maximum absolute atomic E-state index is 12.8. The van der Waals surface area contributed by atoms with E-state index in [1.807, 2.05) is 6.92 Å². The van der Waals surface area contributed by atoms with Crippen LogP contribution < -0.4 is 10.0 Å². The number of rotatable bonds is 8. The second-order valence-corrected chi connectivity index (χ2v) is 9.25. The van der Waals surface area contributed by atoms with Gasteiger partial charge < -0.3 is 15.2 Å². The Balaban J connectivity index is 3.08. The van der Waals surface area contributed by atoms with Gasteiger partial charge in [-0.25, -0.2) is 8.42 Å². The van der Waals surface area contributed by atoms with Gasteiger partial charge in [0.25, 0.3) is 0 Å². The molecule has 1 amide bonds. The number of carbonyl (C=O) groups excluding carboxylic acids is 2. The van der Waals surface area contributed by atoms with Crippen LogP contribution in [0.5, 0.6) is 0 Å². The predicted octanol–water partition coefficient (Wildman–Crippen LogP) is 1.33. The predicted molar refractivity (Wildman–Crippen MR) is 103 cm³/mol. The highest BCUT2D eigenvalue weighted by Crippen LogP contribution is 2.17. The molecular formula is C18H28N2O6S. The zero-order valence-corrected chi connectivity index (χ0v) is 17.1. The number of anilines is 1. The summed E-state index contributed by atoms with van der Waals surface area (Å²) in [4.78, 5) is 24.6. The Morgan fingerprint density at radius 3 is 2.22 bits per heavy atom. The van der Waals surface area contributed by atoms with Crippen molar-refractivity contribution >= 4 is 27.6 Å². The van der Waals surface area contributed by atoms with Crippen molar-refractivity contribution in [2.75, 3.05) is 11.3 Å². The lowest BCUT2D eigenvalue weighted by Gasteiger charge is -2.23. The number of sulfonamides is 1. The number of aliphatic hydroxyl groups is 1. The van der Waals surface area contributed by atoms with Gasteiger partial charge in [0.2, 0.25) is 15.9 Å². The molecule has 3 N–H and O–H groups in total. The highest BCUT2D eigenvalue weighted by molar-refractivity contribution is 7.94. The maximum atomic E-state index is 12.8. The quantitative estimate of drug-likeness (QED) is 0.566. The molecule has 0 spiro atoms. The Hall–Kier alpha value is -2.13. The minimum absolute atomic E-state index is 0.276. The minimum atomic E-state index is -4.24. The molecule has 0 fully saturated rings. The fourth-order valence-corrected chi connectivity index (χ4v) is 3.43. The third kappa shape index (κ3) is 7.96. The number of esters is 1. The maximum Gasteiger partial charge on any atom is 0.308 e. The first-order valence-electron chi connectivity index (χ1n) is 8.55. The van der Waals surface area contributed by atoms with E-state index in [-0.39, 0.29) is 12.3 Å². The fourth-order valence-electron chi connectivity index (χ4n) is 2.12. The van der Waals surface area contributed by atoms with Crippen LogP contribution in [0.15, 0.2) is 24.3 Å². The number of hydrogen-bond donors (Lipinski definition) is 3. The number of nitrogens with one attached hydrogen (secondary N) is 2. The molecule has 0 aliphatic heterocycles. The molecule has 1 rings (SSSR count). The molecule has 0 aromatic heterocycles. The number of benzene rings is 1. The van der Waals surface area contributed by atoms with Crippen LogP contribution in [0.1, 0.15) is 39.7 Å². The van der Waals surface area contributed by atoms with E-state index < -0.39 is 45.2 Å². The zero-order valence-electron chi connectivity index (χ0n) is 16.3. The summed E-state index contributed by atoms with van der Waals surface area (Å²) >= 11 is 0. The third-order valence-electron chi connectivity index (χ3n) is 3.41. The van der Waals surface area contributed by atoms with E-state index in [9.17, 15) is 18.0 Å². The third-order valence-corrected chi connectivity index (χ3v) is 5.06. The van der Waals surface area contributed by atoms with Crippen LogP contribution in [-0.4, -0.2) is 48.9 Å². The standard InChI is InChI=1S/C18H28N2O6S/c1-12-6-8-14(9-7-12)20-27(24,25)15(17(23)19-13(2)11-21)10-16(22)26-18(3,4)5/h6-9,13,15,20-21H,10-11H2,1-5H3,(H,19,23)/t13-,15-/m1/s1. The Kier molecular flexibility index (Phi) is 7.79. The molecule has 8 nitrogen and oxygen atoms in total. The Morgan fingerprint density at radius 2 is 1.74 bits per heavy atom. The largest absolute Gasteiger partial charge is 0.460 e. The van der Waals surface area contributed by atoms with Crippen LogP contribution in [0.3, 0.4) is 0 Å². The van der Waals surface area contributed by atoms with Crippen LogP contribution in [0.4, 0.5) is 5.69 Å². The van der Waals surface area contributed by atoms with Crippen molar-refractivity contribution in [1.82, 2.24) is 5.32 Å². The van der Waals surface area contributed by atoms with Gasteiger partial charge in [0.1, 0.15) is 5.60 Å². The number of ether oxygens (including phenoxy) is 1. The number of hydrogen-bond acceptors (Lipinski definition) is 6. The van der Waals surface area contributed by atoms with E-state index in [1.54, 1.807) is 45.0 Å². The van der Waals surface area contributed by atoms with Crippen LogP contribution in [0, 0.1) is 6.92 Å². The Bertz CT molecular complexity index is 753. The van der Waals surface area contributed by atoms with Crippen molar-refractivity contribution in [3.63, 3.8) is 0 Å². The first-order valence-corrected chi connectivity index (χ1v) is 10.1. The van der Waals surface area contributed by atoms with Gasteiger partial charge in [0.15, 0.2) is 5.25 Å². The molecule has 27 heavy (non-hydrogen) atoms. The Labute approximate surface area is 160 Å². The highest BCUT2D eigenvalue weighted by atomic mass is 32.2. The lowest BCUT2D eigenvalue weighted by Crippen LogP contribution is -2.48. The summed E-state index contributed by atoms with van der Waals surface area (Å²) in [5.74, 6) is -1.70. The fraction of sp³-hybridized carbons (Fsp3) is 0.556. The molecule has 0 heterocycles. The number of carbonyl (C=O) groups is 2. The van der Waals surface area contributed by atoms with Gasteiger partial charge in [-0.15, -0.1) is 0 Å². The highest BCUT2D eigenvalue weighted by Gasteiger charge is 2.37. The topological polar surface area (TPSA) is 122 Å². The van der Waals surface area contributed by atoms with E-state index in [0.29, 0.717) is 0 Å².